The van der Waals surface area contributed by atoms with Gasteiger partial charge in [-0.15, -0.1) is 0 Å². The molecule has 5 fully saturated rings. The second-order valence-corrected chi connectivity index (χ2v) is 19.8. The van der Waals surface area contributed by atoms with Crippen molar-refractivity contribution in [2.75, 3.05) is 0 Å². The molecule has 0 N–H and O–H groups in total. The minimum atomic E-state index is 0.144. The van der Waals surface area contributed by atoms with Gasteiger partial charge in [0.2, 0.25) is 0 Å². The first-order chi connectivity index (χ1) is 21.3. The average molecular weight is 599 g/mol. The van der Waals surface area contributed by atoms with Crippen LogP contribution >= 0.6 is 0 Å². The third kappa shape index (κ3) is 3.90. The summed E-state index contributed by atoms with van der Waals surface area (Å²) in [6, 6.07) is 15.3. The molecular formula is C45H58. The maximum absolute atomic E-state index is 2.94. The molecule has 0 heteroatoms. The summed E-state index contributed by atoms with van der Waals surface area (Å²) >= 11 is 0. The zero-order valence-corrected chi connectivity index (χ0v) is 29.7. The Labute approximate surface area is 274 Å². The van der Waals surface area contributed by atoms with E-state index in [1.807, 2.05) is 16.7 Å². The molecule has 0 radical (unpaired) electrons. The molecule has 0 nitrogen and oxygen atoms in total. The highest BCUT2D eigenvalue weighted by atomic mass is 14.7. The van der Waals surface area contributed by atoms with Crippen LogP contribution in [0.5, 0.6) is 0 Å². The van der Waals surface area contributed by atoms with E-state index in [4.69, 9.17) is 0 Å². The molecule has 8 aliphatic carbocycles. The van der Waals surface area contributed by atoms with Gasteiger partial charge in [0, 0.05) is 11.3 Å². The normalized spacial score (nSPS) is 36.6. The molecule has 8 aliphatic rings. The van der Waals surface area contributed by atoms with Gasteiger partial charge in [-0.2, -0.15) is 0 Å². The van der Waals surface area contributed by atoms with E-state index < -0.39 is 0 Å². The van der Waals surface area contributed by atoms with Crippen LogP contribution in [0.3, 0.4) is 0 Å². The van der Waals surface area contributed by atoms with E-state index >= 15 is 0 Å². The maximum Gasteiger partial charge on any atom is 0.0204 e. The van der Waals surface area contributed by atoms with Crippen molar-refractivity contribution in [2.24, 2.45) is 46.3 Å². The number of hydrogen-bond donors (Lipinski definition) is 0. The molecule has 0 aromatic heterocycles. The molecule has 3 atom stereocenters. The number of rotatable bonds is 3. The second-order valence-electron chi connectivity index (χ2n) is 19.8. The van der Waals surface area contributed by atoms with Crippen molar-refractivity contribution < 1.29 is 0 Å². The third-order valence-electron chi connectivity index (χ3n) is 15.0. The first-order valence-corrected chi connectivity index (χ1v) is 19.0. The Balaban J connectivity index is 1.27. The minimum absolute atomic E-state index is 0.144. The van der Waals surface area contributed by atoms with E-state index in [9.17, 15) is 0 Å². The zero-order chi connectivity index (χ0) is 31.3. The van der Waals surface area contributed by atoms with Gasteiger partial charge in [0.25, 0.3) is 0 Å². The fourth-order valence-corrected chi connectivity index (χ4v) is 13.5. The van der Waals surface area contributed by atoms with E-state index in [1.165, 1.54) is 67.2 Å². The molecule has 0 spiro atoms. The predicted octanol–water partition coefficient (Wildman–Crippen LogP) is 12.3. The van der Waals surface area contributed by atoms with E-state index in [0.717, 1.165) is 29.6 Å². The van der Waals surface area contributed by atoms with Crippen LogP contribution in [0.4, 0.5) is 0 Å². The first kappa shape index (κ1) is 29.1. The lowest BCUT2D eigenvalue weighted by Gasteiger charge is -2.58. The van der Waals surface area contributed by atoms with Gasteiger partial charge in [-0.25, -0.2) is 0 Å². The smallest absolute Gasteiger partial charge is 0.0204 e. The summed E-state index contributed by atoms with van der Waals surface area (Å²) in [6.07, 6.45) is 17.7. The number of hydrogen-bond acceptors (Lipinski definition) is 0. The average Bonchev–Trinajstić information content (AvgIpc) is 3.71. The molecule has 4 bridgehead atoms. The molecule has 45 heavy (non-hydrogen) atoms. The Morgan fingerprint density at radius 3 is 1.73 bits per heavy atom. The first-order valence-electron chi connectivity index (χ1n) is 19.0. The third-order valence-corrected chi connectivity index (χ3v) is 15.0. The van der Waals surface area contributed by atoms with Gasteiger partial charge < -0.3 is 0 Å². The van der Waals surface area contributed by atoms with Crippen LogP contribution in [-0.4, -0.2) is 0 Å². The van der Waals surface area contributed by atoms with Crippen LogP contribution in [0, 0.1) is 46.3 Å². The van der Waals surface area contributed by atoms with E-state index in [2.05, 4.69) is 97.9 Å². The molecule has 238 valence electrons. The fraction of sp³-hybridized carbons (Fsp3) is 0.644. The van der Waals surface area contributed by atoms with Crippen LogP contribution < -0.4 is 0 Å². The molecule has 5 saturated carbocycles. The van der Waals surface area contributed by atoms with Crippen molar-refractivity contribution in [3.05, 3.63) is 81.4 Å². The van der Waals surface area contributed by atoms with Gasteiger partial charge in [-0.1, -0.05) is 115 Å². The van der Waals surface area contributed by atoms with Gasteiger partial charge in [0.15, 0.2) is 0 Å². The molecule has 3 unspecified atom stereocenters. The molecule has 0 heterocycles. The Morgan fingerprint density at radius 1 is 0.711 bits per heavy atom. The summed E-state index contributed by atoms with van der Waals surface area (Å²) in [6.45, 7) is 19.7. The lowest BCUT2D eigenvalue weighted by Crippen LogP contribution is -2.47. The highest BCUT2D eigenvalue weighted by Crippen LogP contribution is 2.74. The Morgan fingerprint density at radius 2 is 1.24 bits per heavy atom. The van der Waals surface area contributed by atoms with Crippen LogP contribution in [0.15, 0.2) is 59.2 Å². The maximum atomic E-state index is 2.94. The van der Waals surface area contributed by atoms with Crippen LogP contribution in [0.25, 0.3) is 11.1 Å². The topological polar surface area (TPSA) is 0 Å². The SMILES string of the molecule is CC(C)C1(C2c3cc(C(C)(C)C)ccc3-c3ccc(C(C)(C)C)cc32)C2=C(CC(C34CC5CC(CC(C5)C3)C4)=C2)C2CCCC21. The fourth-order valence-electron chi connectivity index (χ4n) is 13.5. The highest BCUT2D eigenvalue weighted by Gasteiger charge is 2.63. The number of benzene rings is 2. The molecule has 0 aliphatic heterocycles. The Bertz CT molecular complexity index is 1540. The second kappa shape index (κ2) is 9.29. The quantitative estimate of drug-likeness (QED) is 0.330. The monoisotopic (exact) mass is 598 g/mol. The Kier molecular flexibility index (Phi) is 6.01. The summed E-state index contributed by atoms with van der Waals surface area (Å²) in [4.78, 5) is 0. The molecular weight excluding hydrogens is 540 g/mol. The standard InChI is InChI=1S/C45H58/c1-26(2)45(41-37-19-30(42(3,4)5)12-14-33(37)34-15-13-31(20-38(34)41)43(6,7)8)39-11-9-10-35(39)36-21-32(22-40(36)45)44-23-27-16-28(24-44)18-29(17-27)25-44/h12-15,19-20,22,26-29,35,39,41H,9-11,16-18,21,23-25H2,1-8H3. The molecule has 2 aromatic carbocycles. The van der Waals surface area contributed by atoms with Gasteiger partial charge in [0.1, 0.15) is 0 Å². The number of allylic oxidation sites excluding steroid dienone is 4. The molecule has 10 rings (SSSR count). The summed E-state index contributed by atoms with van der Waals surface area (Å²) < 4.78 is 0. The van der Waals surface area contributed by atoms with Crippen molar-refractivity contribution in [3.63, 3.8) is 0 Å². The van der Waals surface area contributed by atoms with Crippen molar-refractivity contribution in [2.45, 2.75) is 136 Å². The van der Waals surface area contributed by atoms with Crippen LogP contribution in [-0.2, 0) is 10.8 Å². The van der Waals surface area contributed by atoms with Crippen molar-refractivity contribution in [1.29, 1.82) is 0 Å². The summed E-state index contributed by atoms with van der Waals surface area (Å²) in [7, 11) is 0. The summed E-state index contributed by atoms with van der Waals surface area (Å²) in [5.41, 5.74) is 16.0. The lowest BCUT2D eigenvalue weighted by atomic mass is 9.47. The predicted molar refractivity (Wildman–Crippen MR) is 190 cm³/mol. The Hall–Kier alpha value is -2.08. The van der Waals surface area contributed by atoms with Gasteiger partial charge in [0.05, 0.1) is 0 Å². The van der Waals surface area contributed by atoms with Gasteiger partial charge in [-0.3, -0.25) is 0 Å². The molecule has 0 saturated heterocycles. The summed E-state index contributed by atoms with van der Waals surface area (Å²) in [5, 5.41) is 0. The van der Waals surface area contributed by atoms with E-state index in [1.54, 1.807) is 30.4 Å². The van der Waals surface area contributed by atoms with E-state index in [-0.39, 0.29) is 16.2 Å². The van der Waals surface area contributed by atoms with Crippen molar-refractivity contribution >= 4 is 0 Å². The molecule has 2 aromatic rings. The van der Waals surface area contributed by atoms with Crippen molar-refractivity contribution in [3.8, 4) is 11.1 Å². The summed E-state index contributed by atoms with van der Waals surface area (Å²) in [5.74, 6) is 5.66. The minimum Gasteiger partial charge on any atom is -0.0619 e. The van der Waals surface area contributed by atoms with Crippen LogP contribution in [0.2, 0.25) is 0 Å². The van der Waals surface area contributed by atoms with Gasteiger partial charge >= 0.3 is 0 Å². The van der Waals surface area contributed by atoms with Crippen molar-refractivity contribution in [1.82, 2.24) is 0 Å². The van der Waals surface area contributed by atoms with Gasteiger partial charge in [-0.05, 0) is 148 Å². The largest absolute Gasteiger partial charge is 0.0619 e. The lowest BCUT2D eigenvalue weighted by molar-refractivity contribution is -0.0316. The number of fused-ring (bicyclic) bond motifs is 5. The van der Waals surface area contributed by atoms with Crippen LogP contribution in [0.1, 0.15) is 148 Å². The van der Waals surface area contributed by atoms with E-state index in [0.29, 0.717) is 17.3 Å². The highest BCUT2D eigenvalue weighted by molar-refractivity contribution is 5.81. The zero-order valence-electron chi connectivity index (χ0n) is 29.7. The molecule has 0 amide bonds.